The van der Waals surface area contributed by atoms with E-state index in [9.17, 15) is 14.7 Å². The van der Waals surface area contributed by atoms with Gasteiger partial charge in [0.05, 0.1) is 30.9 Å². The van der Waals surface area contributed by atoms with Crippen molar-refractivity contribution in [2.45, 2.75) is 32.4 Å². The number of benzene rings is 3. The third kappa shape index (κ3) is 6.78. The van der Waals surface area contributed by atoms with Gasteiger partial charge in [-0.2, -0.15) is 0 Å². The zero-order valence-electron chi connectivity index (χ0n) is 23.5. The maximum atomic E-state index is 13.5. The van der Waals surface area contributed by atoms with Crippen LogP contribution < -0.4 is 9.47 Å². The van der Waals surface area contributed by atoms with Crippen molar-refractivity contribution in [1.29, 1.82) is 0 Å². The van der Waals surface area contributed by atoms with Crippen molar-refractivity contribution < 1.29 is 28.9 Å². The maximum absolute atomic E-state index is 13.5. The van der Waals surface area contributed by atoms with Crippen molar-refractivity contribution in [3.63, 3.8) is 0 Å². The van der Waals surface area contributed by atoms with Crippen LogP contribution in [-0.2, 0) is 14.3 Å². The molecule has 2 heterocycles. The highest BCUT2D eigenvalue weighted by molar-refractivity contribution is 6.46. The Kier molecular flexibility index (Phi) is 9.01. The van der Waals surface area contributed by atoms with Crippen molar-refractivity contribution in [2.24, 2.45) is 0 Å². The van der Waals surface area contributed by atoms with Gasteiger partial charge in [-0.05, 0) is 74.4 Å². The lowest BCUT2D eigenvalue weighted by molar-refractivity contribution is -0.140. The Morgan fingerprint density at radius 2 is 1.61 bits per heavy atom. The second-order valence-electron chi connectivity index (χ2n) is 10.5. The number of morpholine rings is 1. The molecule has 0 radical (unpaired) electrons. The highest BCUT2D eigenvalue weighted by Crippen LogP contribution is 2.41. The quantitative estimate of drug-likeness (QED) is 0.203. The molecule has 0 saturated carbocycles. The minimum Gasteiger partial charge on any atom is -0.507 e. The van der Waals surface area contributed by atoms with Crippen LogP contribution in [0.5, 0.6) is 17.2 Å². The molecule has 2 saturated heterocycles. The largest absolute Gasteiger partial charge is 0.507 e. The third-order valence-corrected chi connectivity index (χ3v) is 7.17. The average molecular weight is 557 g/mol. The zero-order valence-corrected chi connectivity index (χ0v) is 23.5. The molecule has 214 valence electrons. The minimum atomic E-state index is -0.759. The molecule has 0 aliphatic carbocycles. The van der Waals surface area contributed by atoms with Gasteiger partial charge in [-0.25, -0.2) is 0 Å². The molecule has 8 nitrogen and oxygen atoms in total. The van der Waals surface area contributed by atoms with Gasteiger partial charge in [0.2, 0.25) is 0 Å². The summed E-state index contributed by atoms with van der Waals surface area (Å²) in [5, 5.41) is 11.5. The number of ketones is 1. The van der Waals surface area contributed by atoms with Gasteiger partial charge < -0.3 is 24.2 Å². The van der Waals surface area contributed by atoms with Crippen LogP contribution in [0, 0.1) is 0 Å². The first kappa shape index (κ1) is 28.4. The number of nitrogens with zero attached hydrogens (tertiary/aromatic N) is 2. The van der Waals surface area contributed by atoms with Crippen LogP contribution in [0.1, 0.15) is 37.4 Å². The number of aliphatic hydroxyl groups excluding tert-OH is 1. The van der Waals surface area contributed by atoms with Crippen molar-refractivity contribution >= 4 is 17.4 Å². The van der Waals surface area contributed by atoms with Crippen LogP contribution in [0.3, 0.4) is 0 Å². The monoisotopic (exact) mass is 556 g/mol. The predicted molar refractivity (Wildman–Crippen MR) is 156 cm³/mol. The van der Waals surface area contributed by atoms with E-state index in [0.29, 0.717) is 54.6 Å². The molecule has 1 unspecified atom stereocenters. The fourth-order valence-electron chi connectivity index (χ4n) is 5.24. The highest BCUT2D eigenvalue weighted by atomic mass is 16.5. The molecule has 3 aromatic rings. The van der Waals surface area contributed by atoms with E-state index >= 15 is 0 Å². The van der Waals surface area contributed by atoms with Crippen LogP contribution in [0.25, 0.3) is 5.76 Å². The van der Waals surface area contributed by atoms with Crippen LogP contribution in [-0.4, -0.2) is 72.1 Å². The number of likely N-dealkylation sites (tertiary alicyclic amines) is 1. The minimum absolute atomic E-state index is 0.00242. The fraction of sp³-hybridized carbons (Fsp3) is 0.333. The second-order valence-corrected chi connectivity index (χ2v) is 10.5. The van der Waals surface area contributed by atoms with Gasteiger partial charge in [0, 0.05) is 31.7 Å². The number of hydrogen-bond donors (Lipinski definition) is 1. The van der Waals surface area contributed by atoms with E-state index in [1.165, 1.54) is 0 Å². The maximum Gasteiger partial charge on any atom is 0.295 e. The summed E-state index contributed by atoms with van der Waals surface area (Å²) in [6.07, 6.45) is 0.688. The van der Waals surface area contributed by atoms with Gasteiger partial charge in [0.25, 0.3) is 11.7 Å². The summed E-state index contributed by atoms with van der Waals surface area (Å²) in [5.74, 6) is 0.371. The standard InChI is InChI=1S/C33H36N2O6/c1-23(2)40-27-14-12-24(13-15-27)31(36)29-30(25-8-6-11-28(22-25)41-26-9-4-3-5-10-26)35(33(38)32(29)37)17-7-16-34-18-20-39-21-19-34/h3-6,8-15,22-23,30,36H,7,16-21H2,1-2H3/b31-29+. The summed E-state index contributed by atoms with van der Waals surface area (Å²) in [6.45, 7) is 8.10. The number of amides is 1. The van der Waals surface area contributed by atoms with Gasteiger partial charge in [0.15, 0.2) is 0 Å². The highest BCUT2D eigenvalue weighted by Gasteiger charge is 2.46. The fourth-order valence-corrected chi connectivity index (χ4v) is 5.24. The van der Waals surface area contributed by atoms with Crippen molar-refractivity contribution in [3.05, 3.63) is 95.6 Å². The van der Waals surface area contributed by atoms with Crippen molar-refractivity contribution in [1.82, 2.24) is 9.80 Å². The Morgan fingerprint density at radius 3 is 2.32 bits per heavy atom. The molecular formula is C33H36N2O6. The molecule has 1 N–H and O–H groups in total. The summed E-state index contributed by atoms with van der Waals surface area (Å²) in [7, 11) is 0. The number of rotatable bonds is 10. The van der Waals surface area contributed by atoms with Crippen molar-refractivity contribution in [3.8, 4) is 17.2 Å². The molecular weight excluding hydrogens is 520 g/mol. The molecule has 0 bridgehead atoms. The van der Waals surface area contributed by atoms with Crippen LogP contribution in [0.4, 0.5) is 0 Å². The summed E-state index contributed by atoms with van der Waals surface area (Å²) < 4.78 is 17.2. The smallest absolute Gasteiger partial charge is 0.295 e. The van der Waals surface area contributed by atoms with E-state index in [-0.39, 0.29) is 17.4 Å². The molecule has 2 fully saturated rings. The zero-order chi connectivity index (χ0) is 28.8. The molecule has 0 aromatic heterocycles. The normalized spacial score (nSPS) is 19.1. The molecule has 1 amide bonds. The number of Topliss-reactive ketones (excluding diaryl/α,β-unsaturated/α-hetero) is 1. The number of carbonyl (C=O) groups is 2. The first-order valence-electron chi connectivity index (χ1n) is 14.1. The predicted octanol–water partition coefficient (Wildman–Crippen LogP) is 5.41. The molecule has 0 spiro atoms. The second kappa shape index (κ2) is 13.0. The topological polar surface area (TPSA) is 88.5 Å². The summed E-state index contributed by atoms with van der Waals surface area (Å²) >= 11 is 0. The van der Waals surface area contributed by atoms with Crippen LogP contribution in [0.15, 0.2) is 84.4 Å². The van der Waals surface area contributed by atoms with E-state index in [0.717, 1.165) is 19.6 Å². The van der Waals surface area contributed by atoms with E-state index in [1.807, 2.05) is 68.4 Å². The first-order valence-corrected chi connectivity index (χ1v) is 14.1. The Morgan fingerprint density at radius 1 is 0.902 bits per heavy atom. The number of carbonyl (C=O) groups excluding carboxylic acids is 2. The van der Waals surface area contributed by atoms with Gasteiger partial charge in [-0.1, -0.05) is 30.3 Å². The lowest BCUT2D eigenvalue weighted by atomic mass is 9.95. The summed E-state index contributed by atoms with van der Waals surface area (Å²) in [4.78, 5) is 30.8. The van der Waals surface area contributed by atoms with Crippen LogP contribution in [0.2, 0.25) is 0 Å². The average Bonchev–Trinajstić information content (AvgIpc) is 3.23. The lowest BCUT2D eigenvalue weighted by Gasteiger charge is -2.29. The number of hydrogen-bond acceptors (Lipinski definition) is 7. The third-order valence-electron chi connectivity index (χ3n) is 7.17. The van der Waals surface area contributed by atoms with Gasteiger partial charge in [0.1, 0.15) is 23.0 Å². The van der Waals surface area contributed by atoms with Gasteiger partial charge >= 0.3 is 0 Å². The van der Waals surface area contributed by atoms with Gasteiger partial charge in [-0.15, -0.1) is 0 Å². The number of ether oxygens (including phenoxy) is 3. The van der Waals surface area contributed by atoms with E-state index in [2.05, 4.69) is 4.90 Å². The number of para-hydroxylation sites is 1. The van der Waals surface area contributed by atoms with Gasteiger partial charge in [-0.3, -0.25) is 14.5 Å². The summed E-state index contributed by atoms with van der Waals surface area (Å²) in [5.41, 5.74) is 1.19. The van der Waals surface area contributed by atoms with E-state index in [4.69, 9.17) is 14.2 Å². The molecule has 5 rings (SSSR count). The first-order chi connectivity index (χ1) is 19.9. The molecule has 2 aliphatic heterocycles. The molecule has 3 aromatic carbocycles. The molecule has 2 aliphatic rings. The summed E-state index contributed by atoms with van der Waals surface area (Å²) in [6, 6.07) is 22.9. The molecule has 41 heavy (non-hydrogen) atoms. The molecule has 1 atom stereocenters. The Balaban J connectivity index is 1.48. The van der Waals surface area contributed by atoms with E-state index < -0.39 is 17.7 Å². The molecule has 8 heteroatoms. The lowest BCUT2D eigenvalue weighted by Crippen LogP contribution is -2.38. The SMILES string of the molecule is CC(C)Oc1ccc(/C(O)=C2\C(=O)C(=O)N(CCCN3CCOCC3)C2c2cccc(Oc3ccccc3)c2)cc1. The number of aliphatic hydroxyl groups is 1. The Hall–Kier alpha value is -4.14. The van der Waals surface area contributed by atoms with E-state index in [1.54, 1.807) is 29.2 Å². The van der Waals surface area contributed by atoms with Crippen LogP contribution >= 0.6 is 0 Å². The van der Waals surface area contributed by atoms with Crippen molar-refractivity contribution in [2.75, 3.05) is 39.4 Å². The Labute approximate surface area is 240 Å². The Bertz CT molecular complexity index is 1380.